The number of sulfone groups is 1. The molecule has 1 aliphatic heterocycles. The standard InChI is InChI=1S/C12H16BrNO3S/c13-10-1-3-12(4-2-10)17-7-6-14-11-5-8-18(15,16)9-11/h1-4,11,14H,5-9H2. The molecular formula is C12H16BrNO3S. The quantitative estimate of drug-likeness (QED) is 0.831. The molecule has 1 saturated heterocycles. The van der Waals surface area contributed by atoms with Crippen molar-refractivity contribution in [2.45, 2.75) is 12.5 Å². The van der Waals surface area contributed by atoms with Crippen LogP contribution in [0, 0.1) is 0 Å². The van der Waals surface area contributed by atoms with Crippen molar-refractivity contribution in [2.75, 3.05) is 24.7 Å². The molecule has 1 aliphatic rings. The second kappa shape index (κ2) is 6.04. The van der Waals surface area contributed by atoms with Crippen molar-refractivity contribution in [3.63, 3.8) is 0 Å². The monoisotopic (exact) mass is 333 g/mol. The van der Waals surface area contributed by atoms with E-state index in [2.05, 4.69) is 21.2 Å². The highest BCUT2D eigenvalue weighted by Gasteiger charge is 2.26. The van der Waals surface area contributed by atoms with Crippen LogP contribution in [0.2, 0.25) is 0 Å². The highest BCUT2D eigenvalue weighted by atomic mass is 79.9. The Bertz CT molecular complexity index is 487. The van der Waals surface area contributed by atoms with Gasteiger partial charge in [-0.3, -0.25) is 0 Å². The van der Waals surface area contributed by atoms with E-state index < -0.39 is 9.84 Å². The summed E-state index contributed by atoms with van der Waals surface area (Å²) in [5.74, 6) is 1.38. The van der Waals surface area contributed by atoms with E-state index >= 15 is 0 Å². The number of nitrogens with one attached hydrogen (secondary N) is 1. The van der Waals surface area contributed by atoms with E-state index in [9.17, 15) is 8.42 Å². The van der Waals surface area contributed by atoms with Crippen LogP contribution >= 0.6 is 15.9 Å². The van der Waals surface area contributed by atoms with Gasteiger partial charge >= 0.3 is 0 Å². The fourth-order valence-corrected chi connectivity index (χ4v) is 3.89. The molecule has 100 valence electrons. The number of ether oxygens (including phenoxy) is 1. The summed E-state index contributed by atoms with van der Waals surface area (Å²) < 4.78 is 29.1. The lowest BCUT2D eigenvalue weighted by Crippen LogP contribution is -2.33. The molecule has 0 saturated carbocycles. The Morgan fingerprint density at radius 1 is 1.33 bits per heavy atom. The zero-order valence-corrected chi connectivity index (χ0v) is 12.3. The smallest absolute Gasteiger partial charge is 0.151 e. The van der Waals surface area contributed by atoms with Gasteiger partial charge in [-0.15, -0.1) is 0 Å². The van der Waals surface area contributed by atoms with Crippen LogP contribution in [0.3, 0.4) is 0 Å². The number of rotatable bonds is 5. The Labute approximate surface area is 116 Å². The van der Waals surface area contributed by atoms with Gasteiger partial charge in [-0.25, -0.2) is 8.42 Å². The van der Waals surface area contributed by atoms with E-state index in [4.69, 9.17) is 4.74 Å². The fraction of sp³-hybridized carbons (Fsp3) is 0.500. The first kappa shape index (κ1) is 13.8. The van der Waals surface area contributed by atoms with Crippen molar-refractivity contribution >= 4 is 25.8 Å². The molecule has 0 aliphatic carbocycles. The molecule has 0 amide bonds. The van der Waals surface area contributed by atoms with Gasteiger partial charge in [0.1, 0.15) is 12.4 Å². The van der Waals surface area contributed by atoms with Gasteiger partial charge in [0.2, 0.25) is 0 Å². The van der Waals surface area contributed by atoms with Crippen molar-refractivity contribution < 1.29 is 13.2 Å². The minimum absolute atomic E-state index is 0.0866. The van der Waals surface area contributed by atoms with Crippen molar-refractivity contribution in [3.8, 4) is 5.75 Å². The second-order valence-electron chi connectivity index (χ2n) is 4.36. The molecule has 0 radical (unpaired) electrons. The molecular weight excluding hydrogens is 318 g/mol. The Balaban J connectivity index is 1.66. The third-order valence-corrected chi connectivity index (χ3v) is 5.15. The molecule has 4 nitrogen and oxygen atoms in total. The van der Waals surface area contributed by atoms with Crippen molar-refractivity contribution in [1.29, 1.82) is 0 Å². The highest BCUT2D eigenvalue weighted by molar-refractivity contribution is 9.10. The summed E-state index contributed by atoms with van der Waals surface area (Å²) >= 11 is 3.36. The number of hydrogen-bond donors (Lipinski definition) is 1. The molecule has 1 heterocycles. The third kappa shape index (κ3) is 4.26. The average Bonchev–Trinajstić information content (AvgIpc) is 2.67. The maximum atomic E-state index is 11.3. The van der Waals surface area contributed by atoms with Gasteiger partial charge < -0.3 is 10.1 Å². The molecule has 6 heteroatoms. The zero-order chi connectivity index (χ0) is 13.0. The maximum absolute atomic E-state index is 11.3. The Hall–Kier alpha value is -0.590. The minimum atomic E-state index is -2.80. The van der Waals surface area contributed by atoms with Crippen molar-refractivity contribution in [2.24, 2.45) is 0 Å². The van der Waals surface area contributed by atoms with Gasteiger partial charge in [-0.05, 0) is 30.7 Å². The summed E-state index contributed by atoms with van der Waals surface area (Å²) in [5.41, 5.74) is 0. The van der Waals surface area contributed by atoms with Crippen LogP contribution in [0.1, 0.15) is 6.42 Å². The first-order chi connectivity index (χ1) is 8.55. The number of halogens is 1. The highest BCUT2D eigenvalue weighted by Crippen LogP contribution is 2.16. The minimum Gasteiger partial charge on any atom is -0.492 e. The number of benzene rings is 1. The molecule has 18 heavy (non-hydrogen) atoms. The average molecular weight is 334 g/mol. The van der Waals surface area contributed by atoms with Crippen LogP contribution in [0.25, 0.3) is 0 Å². The number of hydrogen-bond acceptors (Lipinski definition) is 4. The predicted molar refractivity (Wildman–Crippen MR) is 74.7 cm³/mol. The van der Waals surface area contributed by atoms with Crippen LogP contribution in [0.15, 0.2) is 28.7 Å². The Kier molecular flexibility index (Phi) is 4.64. The molecule has 1 atom stereocenters. The maximum Gasteiger partial charge on any atom is 0.151 e. The van der Waals surface area contributed by atoms with Crippen LogP contribution in [0.4, 0.5) is 0 Å². The first-order valence-electron chi connectivity index (χ1n) is 5.87. The SMILES string of the molecule is O=S1(=O)CCC(NCCOc2ccc(Br)cc2)C1. The van der Waals surface area contributed by atoms with E-state index in [0.717, 1.165) is 10.2 Å². The Morgan fingerprint density at radius 2 is 2.06 bits per heavy atom. The van der Waals surface area contributed by atoms with Gasteiger partial charge in [0, 0.05) is 17.1 Å². The lowest BCUT2D eigenvalue weighted by atomic mass is 10.3. The van der Waals surface area contributed by atoms with Gasteiger partial charge in [-0.2, -0.15) is 0 Å². The Morgan fingerprint density at radius 3 is 2.67 bits per heavy atom. The molecule has 1 fully saturated rings. The molecule has 0 bridgehead atoms. The molecule has 1 aromatic rings. The van der Waals surface area contributed by atoms with Crippen molar-refractivity contribution in [3.05, 3.63) is 28.7 Å². The summed E-state index contributed by atoms with van der Waals surface area (Å²) in [4.78, 5) is 0. The van der Waals surface area contributed by atoms with Crippen LogP contribution in [-0.4, -0.2) is 39.1 Å². The van der Waals surface area contributed by atoms with Gasteiger partial charge in [-0.1, -0.05) is 15.9 Å². The van der Waals surface area contributed by atoms with E-state index in [1.165, 1.54) is 0 Å². The predicted octanol–water partition coefficient (Wildman–Crippen LogP) is 1.60. The fourth-order valence-electron chi connectivity index (χ4n) is 1.92. The molecule has 2 rings (SSSR count). The van der Waals surface area contributed by atoms with Crippen molar-refractivity contribution in [1.82, 2.24) is 5.32 Å². The lowest BCUT2D eigenvalue weighted by molar-refractivity contribution is 0.307. The zero-order valence-electron chi connectivity index (χ0n) is 9.93. The lowest BCUT2D eigenvalue weighted by Gasteiger charge is -2.11. The summed E-state index contributed by atoms with van der Waals surface area (Å²) in [5, 5.41) is 3.21. The largest absolute Gasteiger partial charge is 0.492 e. The van der Waals surface area contributed by atoms with E-state index in [1.54, 1.807) is 0 Å². The normalized spacial score (nSPS) is 21.9. The van der Waals surface area contributed by atoms with E-state index in [0.29, 0.717) is 25.3 Å². The van der Waals surface area contributed by atoms with Crippen LogP contribution < -0.4 is 10.1 Å². The van der Waals surface area contributed by atoms with Gasteiger partial charge in [0.15, 0.2) is 9.84 Å². The summed E-state index contributed by atoms with van der Waals surface area (Å²) in [6.07, 6.45) is 0.709. The molecule has 0 spiro atoms. The molecule has 0 aromatic heterocycles. The molecule has 1 unspecified atom stereocenters. The molecule has 1 N–H and O–H groups in total. The third-order valence-electron chi connectivity index (χ3n) is 2.85. The van der Waals surface area contributed by atoms with Gasteiger partial charge in [0.05, 0.1) is 11.5 Å². The van der Waals surface area contributed by atoms with Crippen LogP contribution in [-0.2, 0) is 9.84 Å². The summed E-state index contributed by atoms with van der Waals surface area (Å²) in [7, 11) is -2.80. The van der Waals surface area contributed by atoms with E-state index in [1.807, 2.05) is 24.3 Å². The summed E-state index contributed by atoms with van der Waals surface area (Å²) in [6, 6.07) is 7.72. The van der Waals surface area contributed by atoms with E-state index in [-0.39, 0.29) is 11.8 Å². The van der Waals surface area contributed by atoms with Crippen LogP contribution in [0.5, 0.6) is 5.75 Å². The second-order valence-corrected chi connectivity index (χ2v) is 7.50. The molecule has 1 aromatic carbocycles. The van der Waals surface area contributed by atoms with Gasteiger partial charge in [0.25, 0.3) is 0 Å². The first-order valence-corrected chi connectivity index (χ1v) is 8.49. The topological polar surface area (TPSA) is 55.4 Å². The summed E-state index contributed by atoms with van der Waals surface area (Å²) in [6.45, 7) is 1.20.